The molecule has 1 aliphatic heterocycles. The van der Waals surface area contributed by atoms with Gasteiger partial charge in [0.15, 0.2) is 0 Å². The van der Waals surface area contributed by atoms with Gasteiger partial charge >= 0.3 is 0 Å². The zero-order valence-electron chi connectivity index (χ0n) is 14.9. The lowest BCUT2D eigenvalue weighted by molar-refractivity contribution is 0.0705. The molecular weight excluding hydrogens is 308 g/mol. The van der Waals surface area contributed by atoms with Crippen molar-refractivity contribution in [2.75, 3.05) is 7.05 Å². The molecule has 0 saturated heterocycles. The number of fused-ring (bicyclic) bond motifs is 1. The van der Waals surface area contributed by atoms with E-state index >= 15 is 0 Å². The quantitative estimate of drug-likeness (QED) is 0.685. The minimum Gasteiger partial charge on any atom is -0.347 e. The SMILES string of the molecule is Cc1c2c(c(-c3ccccc3)n1C)CC(c1ccccc1)N(C)C2=O. The van der Waals surface area contributed by atoms with E-state index in [-0.39, 0.29) is 11.9 Å². The number of likely N-dealkylation sites (N-methyl/N-ethyl adjacent to an activating group) is 1. The van der Waals surface area contributed by atoms with Crippen molar-refractivity contribution < 1.29 is 4.79 Å². The summed E-state index contributed by atoms with van der Waals surface area (Å²) in [5.41, 5.74) is 6.59. The number of amides is 1. The molecule has 0 bridgehead atoms. The lowest BCUT2D eigenvalue weighted by atomic mass is 9.89. The number of nitrogens with zero attached hydrogens (tertiary/aromatic N) is 2. The summed E-state index contributed by atoms with van der Waals surface area (Å²) in [7, 11) is 3.97. The van der Waals surface area contributed by atoms with Crippen molar-refractivity contribution >= 4 is 5.91 Å². The van der Waals surface area contributed by atoms with E-state index in [1.165, 1.54) is 16.7 Å². The Labute approximate surface area is 148 Å². The molecule has 1 aliphatic rings. The molecule has 25 heavy (non-hydrogen) atoms. The van der Waals surface area contributed by atoms with Gasteiger partial charge in [-0.2, -0.15) is 0 Å². The Kier molecular flexibility index (Phi) is 3.72. The summed E-state index contributed by atoms with van der Waals surface area (Å²) in [5, 5.41) is 0. The van der Waals surface area contributed by atoms with Crippen LogP contribution in [-0.2, 0) is 13.5 Å². The number of rotatable bonds is 2. The summed E-state index contributed by atoms with van der Waals surface area (Å²) in [6.07, 6.45) is 0.841. The molecule has 4 rings (SSSR count). The highest BCUT2D eigenvalue weighted by Gasteiger charge is 2.36. The summed E-state index contributed by atoms with van der Waals surface area (Å²) in [6.45, 7) is 2.04. The van der Waals surface area contributed by atoms with Gasteiger partial charge < -0.3 is 9.47 Å². The topological polar surface area (TPSA) is 25.2 Å². The molecule has 0 radical (unpaired) electrons. The summed E-state index contributed by atoms with van der Waals surface area (Å²) in [5.74, 6) is 0.116. The second kappa shape index (κ2) is 5.92. The van der Waals surface area contributed by atoms with Crippen molar-refractivity contribution in [3.05, 3.63) is 83.0 Å². The van der Waals surface area contributed by atoms with Gasteiger partial charge in [0.2, 0.25) is 0 Å². The monoisotopic (exact) mass is 330 g/mol. The van der Waals surface area contributed by atoms with E-state index in [2.05, 4.69) is 48.0 Å². The Hall–Kier alpha value is -2.81. The predicted molar refractivity (Wildman–Crippen MR) is 101 cm³/mol. The van der Waals surface area contributed by atoms with Crippen LogP contribution in [0.3, 0.4) is 0 Å². The molecule has 0 spiro atoms. The van der Waals surface area contributed by atoms with Crippen LogP contribution in [0.4, 0.5) is 0 Å². The molecule has 0 saturated carbocycles. The second-order valence-electron chi connectivity index (χ2n) is 6.76. The van der Waals surface area contributed by atoms with Crippen molar-refractivity contribution in [1.82, 2.24) is 9.47 Å². The van der Waals surface area contributed by atoms with Gasteiger partial charge in [0.25, 0.3) is 5.91 Å². The first-order valence-corrected chi connectivity index (χ1v) is 8.65. The van der Waals surface area contributed by atoms with Crippen molar-refractivity contribution in [1.29, 1.82) is 0 Å². The van der Waals surface area contributed by atoms with Gasteiger partial charge in [0.05, 0.1) is 17.3 Å². The molecule has 0 fully saturated rings. The lowest BCUT2D eigenvalue weighted by Crippen LogP contribution is -2.37. The Morgan fingerprint density at radius 3 is 2.16 bits per heavy atom. The second-order valence-corrected chi connectivity index (χ2v) is 6.76. The van der Waals surface area contributed by atoms with Crippen LogP contribution in [0.25, 0.3) is 11.3 Å². The van der Waals surface area contributed by atoms with Crippen molar-refractivity contribution in [2.24, 2.45) is 7.05 Å². The zero-order valence-corrected chi connectivity index (χ0v) is 14.9. The minimum atomic E-state index is 0.0745. The standard InChI is InChI=1S/C22H22N2O/c1-15-20-18(21(23(15)2)17-12-8-5-9-13-17)14-19(24(3)22(20)25)16-10-6-4-7-11-16/h4-13,19H,14H2,1-3H3. The number of hydrogen-bond donors (Lipinski definition) is 0. The van der Waals surface area contributed by atoms with E-state index in [1.807, 2.05) is 43.1 Å². The maximum absolute atomic E-state index is 13.1. The average molecular weight is 330 g/mol. The molecular formula is C22H22N2O. The Morgan fingerprint density at radius 2 is 1.52 bits per heavy atom. The molecule has 2 heterocycles. The van der Waals surface area contributed by atoms with Gasteiger partial charge in [0, 0.05) is 19.8 Å². The molecule has 1 aromatic heterocycles. The molecule has 3 heteroatoms. The van der Waals surface area contributed by atoms with E-state index in [0.717, 1.165) is 23.4 Å². The van der Waals surface area contributed by atoms with E-state index in [0.29, 0.717) is 0 Å². The maximum atomic E-state index is 13.1. The predicted octanol–water partition coefficient (Wildman–Crippen LogP) is 4.37. The van der Waals surface area contributed by atoms with E-state index < -0.39 is 0 Å². The van der Waals surface area contributed by atoms with Crippen LogP contribution < -0.4 is 0 Å². The van der Waals surface area contributed by atoms with E-state index in [4.69, 9.17) is 0 Å². The molecule has 3 nitrogen and oxygen atoms in total. The molecule has 0 aliphatic carbocycles. The van der Waals surface area contributed by atoms with Crippen LogP contribution in [0.5, 0.6) is 0 Å². The smallest absolute Gasteiger partial charge is 0.256 e. The van der Waals surface area contributed by atoms with Crippen LogP contribution in [0.2, 0.25) is 0 Å². The molecule has 1 atom stereocenters. The minimum absolute atomic E-state index is 0.0745. The summed E-state index contributed by atoms with van der Waals surface area (Å²) < 4.78 is 2.17. The Balaban J connectivity index is 1.90. The first kappa shape index (κ1) is 15.7. The Bertz CT molecular complexity index is 926. The van der Waals surface area contributed by atoms with Gasteiger partial charge in [0.1, 0.15) is 0 Å². The Morgan fingerprint density at radius 1 is 0.920 bits per heavy atom. The van der Waals surface area contributed by atoms with Gasteiger partial charge in [-0.15, -0.1) is 0 Å². The average Bonchev–Trinajstić information content (AvgIpc) is 2.90. The highest BCUT2D eigenvalue weighted by atomic mass is 16.2. The fourth-order valence-electron chi connectivity index (χ4n) is 3.99. The molecule has 2 aromatic carbocycles. The number of hydrogen-bond acceptors (Lipinski definition) is 1. The molecule has 1 unspecified atom stereocenters. The third-order valence-electron chi connectivity index (χ3n) is 5.42. The number of carbonyl (C=O) groups is 1. The summed E-state index contributed by atoms with van der Waals surface area (Å²) in [6, 6.07) is 20.8. The first-order chi connectivity index (χ1) is 12.1. The fraction of sp³-hybridized carbons (Fsp3) is 0.227. The number of benzene rings is 2. The van der Waals surface area contributed by atoms with Crippen LogP contribution >= 0.6 is 0 Å². The highest BCUT2D eigenvalue weighted by molar-refractivity contribution is 6.00. The fourth-order valence-corrected chi connectivity index (χ4v) is 3.99. The van der Waals surface area contributed by atoms with Crippen molar-refractivity contribution in [3.8, 4) is 11.3 Å². The molecule has 126 valence electrons. The summed E-state index contributed by atoms with van der Waals surface area (Å²) >= 11 is 0. The van der Waals surface area contributed by atoms with Crippen LogP contribution in [-0.4, -0.2) is 22.4 Å². The normalized spacial score (nSPS) is 16.8. The van der Waals surface area contributed by atoms with Crippen LogP contribution in [0.1, 0.15) is 33.2 Å². The largest absolute Gasteiger partial charge is 0.347 e. The highest BCUT2D eigenvalue weighted by Crippen LogP contribution is 2.40. The van der Waals surface area contributed by atoms with Crippen LogP contribution in [0.15, 0.2) is 60.7 Å². The molecule has 3 aromatic rings. The zero-order chi connectivity index (χ0) is 17.6. The maximum Gasteiger partial charge on any atom is 0.256 e. The van der Waals surface area contributed by atoms with E-state index in [9.17, 15) is 4.79 Å². The third-order valence-corrected chi connectivity index (χ3v) is 5.42. The van der Waals surface area contributed by atoms with Crippen molar-refractivity contribution in [3.63, 3.8) is 0 Å². The molecule has 0 N–H and O–H groups in total. The number of carbonyl (C=O) groups excluding carboxylic acids is 1. The van der Waals surface area contributed by atoms with Gasteiger partial charge in [-0.1, -0.05) is 60.7 Å². The summed E-state index contributed by atoms with van der Waals surface area (Å²) in [4.78, 5) is 15.0. The van der Waals surface area contributed by atoms with Crippen molar-refractivity contribution in [2.45, 2.75) is 19.4 Å². The molecule has 1 amide bonds. The van der Waals surface area contributed by atoms with Gasteiger partial charge in [-0.3, -0.25) is 4.79 Å². The number of aromatic nitrogens is 1. The first-order valence-electron chi connectivity index (χ1n) is 8.65. The third kappa shape index (κ3) is 2.39. The van der Waals surface area contributed by atoms with Gasteiger partial charge in [-0.25, -0.2) is 0 Å². The van der Waals surface area contributed by atoms with E-state index in [1.54, 1.807) is 0 Å². The lowest BCUT2D eigenvalue weighted by Gasteiger charge is -2.33. The van der Waals surface area contributed by atoms with Gasteiger partial charge in [-0.05, 0) is 30.0 Å². The van der Waals surface area contributed by atoms with Crippen LogP contribution in [0, 0.1) is 6.92 Å².